The van der Waals surface area contributed by atoms with Gasteiger partial charge in [0.05, 0.1) is 23.0 Å². The van der Waals surface area contributed by atoms with Crippen LogP contribution in [-0.2, 0) is 21.2 Å². The van der Waals surface area contributed by atoms with Gasteiger partial charge in [-0.25, -0.2) is 13.1 Å². The van der Waals surface area contributed by atoms with Crippen molar-refractivity contribution >= 4 is 21.4 Å². The van der Waals surface area contributed by atoms with Crippen molar-refractivity contribution in [3.8, 4) is 0 Å². The van der Waals surface area contributed by atoms with Crippen molar-refractivity contribution in [2.24, 2.45) is 0 Å². The van der Waals surface area contributed by atoms with Crippen LogP contribution in [0.25, 0.3) is 0 Å². The fraction of sp³-hybridized carbons (Fsp3) is 0.400. The van der Waals surface area contributed by atoms with E-state index in [-0.39, 0.29) is 17.1 Å². The van der Waals surface area contributed by atoms with Gasteiger partial charge in [0.1, 0.15) is 0 Å². The molecule has 8 nitrogen and oxygen atoms in total. The SMILES string of the molecule is Cc1ccc([N+](=O)[O-])cc1S(=O)(=O)NCCCc1ccc(N2CCOCC2)cc1. The summed E-state index contributed by atoms with van der Waals surface area (Å²) < 4.78 is 32.9. The van der Waals surface area contributed by atoms with Crippen molar-refractivity contribution in [3.63, 3.8) is 0 Å². The average molecular weight is 420 g/mol. The number of nitrogens with zero attached hydrogens (tertiary/aromatic N) is 2. The summed E-state index contributed by atoms with van der Waals surface area (Å²) in [6.07, 6.45) is 1.37. The quantitative estimate of drug-likeness (QED) is 0.401. The summed E-state index contributed by atoms with van der Waals surface area (Å²) in [5, 5.41) is 10.9. The summed E-state index contributed by atoms with van der Waals surface area (Å²) in [4.78, 5) is 12.5. The van der Waals surface area contributed by atoms with E-state index in [4.69, 9.17) is 4.74 Å². The molecule has 0 atom stereocenters. The maximum absolute atomic E-state index is 12.5. The second-order valence-electron chi connectivity index (χ2n) is 6.97. The van der Waals surface area contributed by atoms with E-state index in [2.05, 4.69) is 33.9 Å². The van der Waals surface area contributed by atoms with E-state index in [0.717, 1.165) is 44.4 Å². The van der Waals surface area contributed by atoms with Crippen molar-refractivity contribution in [1.29, 1.82) is 0 Å². The van der Waals surface area contributed by atoms with E-state index < -0.39 is 14.9 Å². The Kier molecular flexibility index (Phi) is 6.83. The van der Waals surface area contributed by atoms with E-state index in [1.807, 2.05) is 0 Å². The van der Waals surface area contributed by atoms with E-state index >= 15 is 0 Å². The van der Waals surface area contributed by atoms with Crippen molar-refractivity contribution in [2.45, 2.75) is 24.7 Å². The summed E-state index contributed by atoms with van der Waals surface area (Å²) in [7, 11) is -3.80. The van der Waals surface area contributed by atoms with E-state index in [1.54, 1.807) is 6.92 Å². The van der Waals surface area contributed by atoms with Crippen LogP contribution in [0.4, 0.5) is 11.4 Å². The number of rotatable bonds is 8. The molecule has 2 aromatic carbocycles. The molecule has 1 aliphatic heterocycles. The topological polar surface area (TPSA) is 102 Å². The van der Waals surface area contributed by atoms with Gasteiger partial charge in [-0.1, -0.05) is 18.2 Å². The minimum Gasteiger partial charge on any atom is -0.378 e. The lowest BCUT2D eigenvalue weighted by atomic mass is 10.1. The number of aryl methyl sites for hydroxylation is 2. The van der Waals surface area contributed by atoms with Crippen LogP contribution < -0.4 is 9.62 Å². The van der Waals surface area contributed by atoms with Crippen LogP contribution in [-0.4, -0.2) is 46.2 Å². The maximum atomic E-state index is 12.5. The Hall–Kier alpha value is -2.49. The highest BCUT2D eigenvalue weighted by Gasteiger charge is 2.20. The summed E-state index contributed by atoms with van der Waals surface area (Å²) in [6.45, 7) is 5.14. The lowest BCUT2D eigenvalue weighted by Crippen LogP contribution is -2.36. The van der Waals surface area contributed by atoms with Crippen molar-refractivity contribution in [1.82, 2.24) is 4.72 Å². The normalized spacial score (nSPS) is 14.7. The first-order chi connectivity index (χ1) is 13.9. The molecule has 1 heterocycles. The van der Waals surface area contributed by atoms with Crippen LogP contribution in [0.1, 0.15) is 17.5 Å². The number of ether oxygens (including phenoxy) is 1. The molecule has 156 valence electrons. The number of nitro groups is 1. The first-order valence-corrected chi connectivity index (χ1v) is 11.0. The third-order valence-corrected chi connectivity index (χ3v) is 6.52. The lowest BCUT2D eigenvalue weighted by molar-refractivity contribution is -0.385. The van der Waals surface area contributed by atoms with Crippen LogP contribution in [0.2, 0.25) is 0 Å². The van der Waals surface area contributed by atoms with E-state index in [9.17, 15) is 18.5 Å². The molecule has 0 spiro atoms. The molecule has 0 aromatic heterocycles. The number of non-ortho nitro benzene ring substituents is 1. The lowest BCUT2D eigenvalue weighted by Gasteiger charge is -2.28. The number of nitro benzene ring substituents is 1. The van der Waals surface area contributed by atoms with Gasteiger partial charge in [0.2, 0.25) is 10.0 Å². The maximum Gasteiger partial charge on any atom is 0.270 e. The highest BCUT2D eigenvalue weighted by Crippen LogP contribution is 2.22. The fourth-order valence-electron chi connectivity index (χ4n) is 3.26. The Morgan fingerprint density at radius 2 is 1.83 bits per heavy atom. The molecule has 1 saturated heterocycles. The second kappa shape index (κ2) is 9.34. The standard InChI is InChI=1S/C20H25N3O5S/c1-16-4-7-19(23(24)25)15-20(16)29(26,27)21-10-2-3-17-5-8-18(9-6-17)22-11-13-28-14-12-22/h4-9,15,21H,2-3,10-14H2,1H3. The molecule has 29 heavy (non-hydrogen) atoms. The Morgan fingerprint density at radius 1 is 1.14 bits per heavy atom. The van der Waals surface area contributed by atoms with Gasteiger partial charge in [0, 0.05) is 37.5 Å². The second-order valence-corrected chi connectivity index (χ2v) is 8.71. The Labute approximate surface area is 170 Å². The van der Waals surface area contributed by atoms with E-state index in [0.29, 0.717) is 12.0 Å². The minimum absolute atomic E-state index is 0.0541. The molecule has 0 amide bonds. The fourth-order valence-corrected chi connectivity index (χ4v) is 4.60. The van der Waals surface area contributed by atoms with E-state index in [1.165, 1.54) is 17.8 Å². The molecule has 0 saturated carbocycles. The third-order valence-electron chi connectivity index (χ3n) is 4.92. The first kappa shape index (κ1) is 21.2. The highest BCUT2D eigenvalue weighted by molar-refractivity contribution is 7.89. The highest BCUT2D eigenvalue weighted by atomic mass is 32.2. The number of nitrogens with one attached hydrogen (secondary N) is 1. The molecular formula is C20H25N3O5S. The van der Waals surface area contributed by atoms with Crippen LogP contribution in [0.15, 0.2) is 47.4 Å². The van der Waals surface area contributed by atoms with Crippen LogP contribution in [0.5, 0.6) is 0 Å². The van der Waals surface area contributed by atoms with Gasteiger partial charge in [-0.05, 0) is 43.0 Å². The molecule has 2 aromatic rings. The van der Waals surface area contributed by atoms with Crippen LogP contribution >= 0.6 is 0 Å². The molecule has 9 heteroatoms. The third kappa shape index (κ3) is 5.53. The van der Waals surface area contributed by atoms with Crippen molar-refractivity contribution in [2.75, 3.05) is 37.7 Å². The number of anilines is 1. The largest absolute Gasteiger partial charge is 0.378 e. The van der Waals surface area contributed by atoms with Gasteiger partial charge in [-0.15, -0.1) is 0 Å². The van der Waals surface area contributed by atoms with Crippen molar-refractivity contribution < 1.29 is 18.1 Å². The number of benzene rings is 2. The molecule has 1 N–H and O–H groups in total. The average Bonchev–Trinajstić information content (AvgIpc) is 2.72. The van der Waals surface area contributed by atoms with Crippen LogP contribution in [0.3, 0.4) is 0 Å². The Morgan fingerprint density at radius 3 is 2.48 bits per heavy atom. The number of hydrogen-bond donors (Lipinski definition) is 1. The molecular weight excluding hydrogens is 394 g/mol. The zero-order valence-corrected chi connectivity index (χ0v) is 17.2. The molecule has 3 rings (SSSR count). The molecule has 0 bridgehead atoms. The summed E-state index contributed by atoms with van der Waals surface area (Å²) in [6, 6.07) is 12.1. The van der Waals surface area contributed by atoms with Crippen molar-refractivity contribution in [3.05, 3.63) is 63.7 Å². The summed E-state index contributed by atoms with van der Waals surface area (Å²) in [5.41, 5.74) is 2.53. The van der Waals surface area contributed by atoms with Gasteiger partial charge >= 0.3 is 0 Å². The minimum atomic E-state index is -3.80. The predicted octanol–water partition coefficient (Wildman–Crippen LogP) is 2.65. The molecule has 0 aliphatic carbocycles. The van der Waals surface area contributed by atoms with Gasteiger partial charge in [0.25, 0.3) is 5.69 Å². The van der Waals surface area contributed by atoms with Gasteiger partial charge in [-0.2, -0.15) is 0 Å². The summed E-state index contributed by atoms with van der Waals surface area (Å²) in [5.74, 6) is 0. The summed E-state index contributed by atoms with van der Waals surface area (Å²) >= 11 is 0. The molecule has 1 fully saturated rings. The molecule has 0 radical (unpaired) electrons. The number of hydrogen-bond acceptors (Lipinski definition) is 6. The number of morpholine rings is 1. The molecule has 0 unspecified atom stereocenters. The van der Waals surface area contributed by atoms with Gasteiger partial charge in [-0.3, -0.25) is 10.1 Å². The predicted molar refractivity (Wildman–Crippen MR) is 111 cm³/mol. The van der Waals surface area contributed by atoms with Gasteiger partial charge in [0.15, 0.2) is 0 Å². The zero-order valence-electron chi connectivity index (χ0n) is 16.3. The number of sulfonamides is 1. The van der Waals surface area contributed by atoms with Gasteiger partial charge < -0.3 is 9.64 Å². The van der Waals surface area contributed by atoms with Crippen LogP contribution in [0, 0.1) is 17.0 Å². The monoisotopic (exact) mass is 419 g/mol. The molecule has 1 aliphatic rings. The Bertz CT molecular complexity index is 955. The zero-order chi connectivity index (χ0) is 20.9. The smallest absolute Gasteiger partial charge is 0.270 e. The Balaban J connectivity index is 1.53. The first-order valence-electron chi connectivity index (χ1n) is 9.53.